The van der Waals surface area contributed by atoms with Crippen molar-refractivity contribution in [3.05, 3.63) is 17.8 Å². The molecule has 2 atom stereocenters. The van der Waals surface area contributed by atoms with Crippen LogP contribution in [0.5, 0.6) is 17.2 Å². The van der Waals surface area contributed by atoms with Crippen molar-refractivity contribution in [1.82, 2.24) is 9.88 Å². The van der Waals surface area contributed by atoms with Crippen molar-refractivity contribution in [1.29, 1.82) is 0 Å². The van der Waals surface area contributed by atoms with Crippen LogP contribution in [-0.4, -0.2) is 49.7 Å². The summed E-state index contributed by atoms with van der Waals surface area (Å²) in [6.45, 7) is 7.77. The zero-order chi connectivity index (χ0) is 20.3. The van der Waals surface area contributed by atoms with Crippen molar-refractivity contribution in [3.63, 3.8) is 0 Å². The first kappa shape index (κ1) is 19.0. The largest absolute Gasteiger partial charge is 0.493 e. The predicted molar refractivity (Wildman–Crippen MR) is 109 cm³/mol. The number of rotatable bonds is 4. The highest BCUT2D eigenvalue weighted by Gasteiger charge is 2.51. The van der Waals surface area contributed by atoms with Gasteiger partial charge in [0.05, 0.1) is 26.8 Å². The lowest BCUT2D eigenvalue weighted by Gasteiger charge is -2.39. The Morgan fingerprint density at radius 2 is 1.79 bits per heavy atom. The Bertz CT molecular complexity index is 932. The summed E-state index contributed by atoms with van der Waals surface area (Å²) in [6.07, 6.45) is 3.31. The molecule has 1 aromatic heterocycles. The Hall–Kier alpha value is -2.37. The third-order valence-electron chi connectivity index (χ3n) is 6.33. The first-order valence-corrected chi connectivity index (χ1v) is 9.83. The Labute approximate surface area is 166 Å². The lowest BCUT2D eigenvalue weighted by atomic mass is 9.65. The van der Waals surface area contributed by atoms with Crippen molar-refractivity contribution in [3.8, 4) is 17.2 Å². The molecular weight excluding hydrogens is 356 g/mol. The topological polar surface area (TPSA) is 63.8 Å². The van der Waals surface area contributed by atoms with Crippen LogP contribution in [0.1, 0.15) is 50.5 Å². The van der Waals surface area contributed by atoms with E-state index in [0.717, 1.165) is 36.7 Å². The van der Waals surface area contributed by atoms with E-state index in [1.807, 2.05) is 12.1 Å². The van der Waals surface area contributed by atoms with Gasteiger partial charge >= 0.3 is 0 Å². The van der Waals surface area contributed by atoms with Crippen molar-refractivity contribution in [2.75, 3.05) is 27.9 Å². The zero-order valence-corrected chi connectivity index (χ0v) is 17.6. The van der Waals surface area contributed by atoms with E-state index in [1.54, 1.807) is 21.3 Å². The highest BCUT2D eigenvalue weighted by molar-refractivity contribution is 6.01. The number of fused-ring (bicyclic) bond motifs is 3. The Morgan fingerprint density at radius 3 is 2.43 bits per heavy atom. The summed E-state index contributed by atoms with van der Waals surface area (Å²) >= 11 is 0. The smallest absolute Gasteiger partial charge is 0.270 e. The van der Waals surface area contributed by atoms with E-state index in [2.05, 4.69) is 30.7 Å². The second-order valence-electron chi connectivity index (χ2n) is 9.44. The quantitative estimate of drug-likeness (QED) is 0.854. The third-order valence-corrected chi connectivity index (χ3v) is 6.33. The van der Waals surface area contributed by atoms with Crippen LogP contribution >= 0.6 is 0 Å². The second kappa shape index (κ2) is 6.33. The molecule has 1 aliphatic carbocycles. The van der Waals surface area contributed by atoms with E-state index < -0.39 is 0 Å². The van der Waals surface area contributed by atoms with E-state index in [1.165, 1.54) is 0 Å². The third kappa shape index (κ3) is 2.90. The molecule has 152 valence electrons. The Kier molecular flexibility index (Phi) is 4.28. The number of carbonyl (C=O) groups is 1. The van der Waals surface area contributed by atoms with Crippen molar-refractivity contribution < 1.29 is 19.0 Å². The fourth-order valence-corrected chi connectivity index (χ4v) is 5.72. The number of carbonyl (C=O) groups excluding carboxylic acids is 1. The van der Waals surface area contributed by atoms with E-state index >= 15 is 0 Å². The Balaban J connectivity index is 1.73. The highest BCUT2D eigenvalue weighted by Crippen LogP contribution is 2.53. The minimum Gasteiger partial charge on any atom is -0.493 e. The number of benzene rings is 1. The van der Waals surface area contributed by atoms with Crippen LogP contribution in [0.3, 0.4) is 0 Å². The van der Waals surface area contributed by atoms with E-state index in [-0.39, 0.29) is 16.7 Å². The minimum absolute atomic E-state index is 0.0580. The number of hydrogen-bond acceptors (Lipinski definition) is 4. The minimum atomic E-state index is 0.0580. The lowest BCUT2D eigenvalue weighted by molar-refractivity contribution is 0.0703. The summed E-state index contributed by atoms with van der Waals surface area (Å²) in [4.78, 5) is 18.8. The van der Waals surface area contributed by atoms with Gasteiger partial charge in [0.25, 0.3) is 5.91 Å². The van der Waals surface area contributed by atoms with E-state index in [9.17, 15) is 4.79 Å². The summed E-state index contributed by atoms with van der Waals surface area (Å²) < 4.78 is 16.5. The molecule has 2 fully saturated rings. The molecule has 1 saturated heterocycles. The van der Waals surface area contributed by atoms with Gasteiger partial charge < -0.3 is 24.1 Å². The molecule has 0 unspecified atom stereocenters. The van der Waals surface area contributed by atoms with Gasteiger partial charge in [0.15, 0.2) is 11.5 Å². The van der Waals surface area contributed by atoms with Gasteiger partial charge in [0, 0.05) is 24.0 Å². The van der Waals surface area contributed by atoms with E-state index in [4.69, 9.17) is 14.2 Å². The summed E-state index contributed by atoms with van der Waals surface area (Å²) in [5.41, 5.74) is 1.86. The number of ether oxygens (including phenoxy) is 3. The summed E-state index contributed by atoms with van der Waals surface area (Å²) in [5.74, 6) is 1.73. The van der Waals surface area contributed by atoms with Crippen molar-refractivity contribution in [2.24, 2.45) is 10.8 Å². The SMILES string of the molecule is COc1cc2[nH]c(C(=O)N3C[C@@]4(C)C[C@H]3CC(C)(C)C4)cc2c(OC)c1OC. The number of likely N-dealkylation sites (tertiary alicyclic amines) is 1. The molecule has 2 bridgehead atoms. The summed E-state index contributed by atoms with van der Waals surface area (Å²) in [5, 5.41) is 0.817. The molecule has 0 spiro atoms. The van der Waals surface area contributed by atoms with Crippen LogP contribution in [0.15, 0.2) is 12.1 Å². The number of methoxy groups -OCH3 is 3. The molecule has 1 aliphatic heterocycles. The fraction of sp³-hybridized carbons (Fsp3) is 0.591. The molecular formula is C22H30N2O4. The monoisotopic (exact) mass is 386 g/mol. The number of nitrogens with zero attached hydrogens (tertiary/aromatic N) is 1. The van der Waals surface area contributed by atoms with Gasteiger partial charge in [0.2, 0.25) is 5.75 Å². The number of H-pyrrole nitrogens is 1. The molecule has 1 saturated carbocycles. The van der Waals surface area contributed by atoms with Gasteiger partial charge in [-0.05, 0) is 36.2 Å². The molecule has 0 radical (unpaired) electrons. The van der Waals surface area contributed by atoms with Crippen LogP contribution in [0, 0.1) is 10.8 Å². The molecule has 6 nitrogen and oxygen atoms in total. The molecule has 1 N–H and O–H groups in total. The van der Waals surface area contributed by atoms with Gasteiger partial charge in [-0.15, -0.1) is 0 Å². The fourth-order valence-electron chi connectivity index (χ4n) is 5.72. The zero-order valence-electron chi connectivity index (χ0n) is 17.6. The molecule has 6 heteroatoms. The lowest BCUT2D eigenvalue weighted by Crippen LogP contribution is -2.37. The van der Waals surface area contributed by atoms with Gasteiger partial charge in [-0.3, -0.25) is 4.79 Å². The molecule has 2 aromatic rings. The molecule has 2 aliphatic rings. The average molecular weight is 386 g/mol. The number of hydrogen-bond donors (Lipinski definition) is 1. The number of aromatic nitrogens is 1. The Morgan fingerprint density at radius 1 is 1.07 bits per heavy atom. The van der Waals surface area contributed by atoms with Crippen molar-refractivity contribution >= 4 is 16.8 Å². The first-order valence-electron chi connectivity index (χ1n) is 9.83. The molecule has 1 amide bonds. The molecule has 1 aromatic carbocycles. The maximum Gasteiger partial charge on any atom is 0.270 e. The van der Waals surface area contributed by atoms with Crippen molar-refractivity contribution in [2.45, 2.75) is 46.1 Å². The molecule has 28 heavy (non-hydrogen) atoms. The first-order chi connectivity index (χ1) is 13.2. The maximum absolute atomic E-state index is 13.4. The predicted octanol–water partition coefficient (Wildman–Crippen LogP) is 4.23. The van der Waals surface area contributed by atoms with Crippen LogP contribution in [0.25, 0.3) is 10.9 Å². The summed E-state index contributed by atoms with van der Waals surface area (Å²) in [7, 11) is 4.76. The second-order valence-corrected chi connectivity index (χ2v) is 9.44. The van der Waals surface area contributed by atoms with Gasteiger partial charge in [-0.25, -0.2) is 0 Å². The number of nitrogens with one attached hydrogen (secondary N) is 1. The molecule has 4 rings (SSSR count). The van der Waals surface area contributed by atoms with E-state index in [0.29, 0.717) is 29.0 Å². The van der Waals surface area contributed by atoms with Crippen LogP contribution in [-0.2, 0) is 0 Å². The van der Waals surface area contributed by atoms with Gasteiger partial charge in [-0.2, -0.15) is 0 Å². The van der Waals surface area contributed by atoms with Gasteiger partial charge in [-0.1, -0.05) is 20.8 Å². The maximum atomic E-state index is 13.4. The van der Waals surface area contributed by atoms with Gasteiger partial charge in [0.1, 0.15) is 5.69 Å². The standard InChI is InChI=1S/C22H30N2O4/c1-21(2)9-13-10-22(3,11-21)12-24(13)20(25)16-7-14-15(23-16)8-17(26-4)19(28-6)18(14)27-5/h7-8,13,23H,9-12H2,1-6H3/t13-,22+/m1/s1. The summed E-state index contributed by atoms with van der Waals surface area (Å²) in [6, 6.07) is 4.02. The highest BCUT2D eigenvalue weighted by atomic mass is 16.5. The van der Waals surface area contributed by atoms with Crippen LogP contribution in [0.2, 0.25) is 0 Å². The van der Waals surface area contributed by atoms with Crippen LogP contribution in [0.4, 0.5) is 0 Å². The number of amides is 1. The van der Waals surface area contributed by atoms with Crippen LogP contribution < -0.4 is 14.2 Å². The average Bonchev–Trinajstić information content (AvgIpc) is 3.16. The molecule has 2 heterocycles. The number of aromatic amines is 1. The normalized spacial score (nSPS) is 25.8.